The molecule has 2 N–H and O–H groups in total. The molecular formula is C19H15NO6. The lowest BCUT2D eigenvalue weighted by Crippen LogP contribution is -2.20. The molecule has 0 saturated heterocycles. The third-order valence-electron chi connectivity index (χ3n) is 3.51. The van der Waals surface area contributed by atoms with E-state index < -0.39 is 24.3 Å². The summed E-state index contributed by atoms with van der Waals surface area (Å²) in [4.78, 5) is 34.8. The van der Waals surface area contributed by atoms with E-state index in [9.17, 15) is 14.4 Å². The first kappa shape index (κ1) is 17.2. The van der Waals surface area contributed by atoms with Crippen LogP contribution in [0.1, 0.15) is 20.9 Å². The van der Waals surface area contributed by atoms with Crippen LogP contribution >= 0.6 is 0 Å². The fourth-order valence-electron chi connectivity index (χ4n) is 2.25. The Hall–Kier alpha value is -3.61. The highest BCUT2D eigenvalue weighted by Gasteiger charge is 2.15. The summed E-state index contributed by atoms with van der Waals surface area (Å²) in [5.74, 6) is -1.17. The van der Waals surface area contributed by atoms with Crippen molar-refractivity contribution in [3.8, 4) is 5.75 Å². The van der Waals surface area contributed by atoms with Gasteiger partial charge in [-0.05, 0) is 36.4 Å². The number of ether oxygens (including phenoxy) is 2. The van der Waals surface area contributed by atoms with Crippen molar-refractivity contribution < 1.29 is 28.3 Å². The number of para-hydroxylation sites is 1. The number of carbonyl (C=O) groups excluding carboxylic acids is 3. The zero-order chi connectivity index (χ0) is 18.5. The van der Waals surface area contributed by atoms with Crippen molar-refractivity contribution in [2.45, 2.75) is 0 Å². The largest absolute Gasteiger partial charge is 0.484 e. The Kier molecular flexibility index (Phi) is 4.98. The van der Waals surface area contributed by atoms with Crippen molar-refractivity contribution in [1.29, 1.82) is 0 Å². The SMILES string of the molecule is NC(=O)COc1ccc(C(=O)OCC(=O)c2cc3ccccc3o2)cc1. The molecule has 2 aromatic carbocycles. The van der Waals surface area contributed by atoms with Crippen LogP contribution < -0.4 is 10.5 Å². The van der Waals surface area contributed by atoms with Crippen LogP contribution in [-0.4, -0.2) is 30.9 Å². The first-order valence-corrected chi connectivity index (χ1v) is 7.73. The topological polar surface area (TPSA) is 109 Å². The number of benzene rings is 2. The lowest BCUT2D eigenvalue weighted by atomic mass is 10.2. The lowest BCUT2D eigenvalue weighted by molar-refractivity contribution is -0.119. The van der Waals surface area contributed by atoms with Crippen LogP contribution in [0.25, 0.3) is 11.0 Å². The van der Waals surface area contributed by atoms with Gasteiger partial charge in [-0.3, -0.25) is 9.59 Å². The van der Waals surface area contributed by atoms with E-state index in [0.29, 0.717) is 11.3 Å². The summed E-state index contributed by atoms with van der Waals surface area (Å²) in [5, 5.41) is 0.800. The van der Waals surface area contributed by atoms with Crippen molar-refractivity contribution in [3.05, 3.63) is 65.9 Å². The van der Waals surface area contributed by atoms with Crippen LogP contribution in [0.2, 0.25) is 0 Å². The Morgan fingerprint density at radius 3 is 2.38 bits per heavy atom. The molecule has 0 spiro atoms. The number of ketones is 1. The molecule has 3 rings (SSSR count). The fourth-order valence-corrected chi connectivity index (χ4v) is 2.25. The minimum absolute atomic E-state index is 0.134. The molecular weight excluding hydrogens is 338 g/mol. The van der Waals surface area contributed by atoms with Crippen LogP contribution in [-0.2, 0) is 9.53 Å². The third kappa shape index (κ3) is 4.07. The van der Waals surface area contributed by atoms with Gasteiger partial charge in [0.2, 0.25) is 5.78 Å². The number of Topliss-reactive ketones (excluding diaryl/α,β-unsaturated/α-hetero) is 1. The second kappa shape index (κ2) is 7.52. The number of nitrogens with two attached hydrogens (primary N) is 1. The molecule has 0 atom stereocenters. The molecule has 0 aliphatic carbocycles. The van der Waals surface area contributed by atoms with Gasteiger partial charge in [0.05, 0.1) is 5.56 Å². The number of carbonyl (C=O) groups is 3. The third-order valence-corrected chi connectivity index (χ3v) is 3.51. The average molecular weight is 353 g/mol. The van der Waals surface area contributed by atoms with Gasteiger partial charge < -0.3 is 19.6 Å². The van der Waals surface area contributed by atoms with Gasteiger partial charge in [0.1, 0.15) is 11.3 Å². The van der Waals surface area contributed by atoms with Crippen LogP contribution in [0.5, 0.6) is 5.75 Å². The number of furan rings is 1. The van der Waals surface area contributed by atoms with E-state index in [0.717, 1.165) is 5.39 Å². The Labute approximate surface area is 148 Å². The number of fused-ring (bicyclic) bond motifs is 1. The average Bonchev–Trinajstić information content (AvgIpc) is 3.09. The van der Waals surface area contributed by atoms with Crippen molar-refractivity contribution >= 4 is 28.6 Å². The Bertz CT molecular complexity index is 925. The van der Waals surface area contributed by atoms with E-state index >= 15 is 0 Å². The number of rotatable bonds is 7. The Morgan fingerprint density at radius 2 is 1.69 bits per heavy atom. The number of hydrogen-bond donors (Lipinski definition) is 1. The molecule has 1 amide bonds. The molecule has 132 valence electrons. The smallest absolute Gasteiger partial charge is 0.338 e. The Morgan fingerprint density at radius 1 is 0.962 bits per heavy atom. The van der Waals surface area contributed by atoms with E-state index in [4.69, 9.17) is 19.6 Å². The van der Waals surface area contributed by atoms with E-state index in [1.165, 1.54) is 24.3 Å². The van der Waals surface area contributed by atoms with Gasteiger partial charge in [-0.1, -0.05) is 18.2 Å². The summed E-state index contributed by atoms with van der Waals surface area (Å²) >= 11 is 0. The summed E-state index contributed by atoms with van der Waals surface area (Å²) in [6.45, 7) is -0.686. The number of amides is 1. The van der Waals surface area contributed by atoms with Gasteiger partial charge in [0, 0.05) is 5.39 Å². The highest BCUT2D eigenvalue weighted by atomic mass is 16.5. The van der Waals surface area contributed by atoms with Crippen molar-refractivity contribution in [1.82, 2.24) is 0 Å². The first-order chi connectivity index (χ1) is 12.5. The number of esters is 1. The molecule has 1 heterocycles. The standard InChI is InChI=1S/C19H15NO6/c20-18(22)11-24-14-7-5-12(6-8-14)19(23)25-10-15(21)17-9-13-3-1-2-4-16(13)26-17/h1-9H,10-11H2,(H2,20,22). The van der Waals surface area contributed by atoms with E-state index in [-0.39, 0.29) is 17.9 Å². The van der Waals surface area contributed by atoms with E-state index in [1.807, 2.05) is 12.1 Å². The molecule has 0 aliphatic rings. The van der Waals surface area contributed by atoms with Gasteiger partial charge in [0.15, 0.2) is 19.0 Å². The predicted octanol–water partition coefficient (Wildman–Crippen LogP) is 2.34. The molecule has 0 bridgehead atoms. The molecule has 1 aromatic heterocycles. The first-order valence-electron chi connectivity index (χ1n) is 7.73. The lowest BCUT2D eigenvalue weighted by Gasteiger charge is -2.05. The molecule has 26 heavy (non-hydrogen) atoms. The second-order valence-electron chi connectivity index (χ2n) is 5.43. The molecule has 0 saturated carbocycles. The van der Waals surface area contributed by atoms with E-state index in [1.54, 1.807) is 18.2 Å². The van der Waals surface area contributed by atoms with Crippen molar-refractivity contribution in [2.75, 3.05) is 13.2 Å². The van der Waals surface area contributed by atoms with Gasteiger partial charge in [-0.25, -0.2) is 4.79 Å². The van der Waals surface area contributed by atoms with Gasteiger partial charge in [-0.15, -0.1) is 0 Å². The minimum atomic E-state index is -0.657. The molecule has 0 aliphatic heterocycles. The summed E-state index contributed by atoms with van der Waals surface area (Å²) < 4.78 is 15.5. The normalized spacial score (nSPS) is 10.5. The molecule has 7 nitrogen and oxygen atoms in total. The Balaban J connectivity index is 1.57. The number of hydrogen-bond acceptors (Lipinski definition) is 6. The highest BCUT2D eigenvalue weighted by molar-refractivity contribution is 6.00. The van der Waals surface area contributed by atoms with Gasteiger partial charge in [0.25, 0.3) is 5.91 Å². The summed E-state index contributed by atoms with van der Waals surface area (Å²) in [6.07, 6.45) is 0. The van der Waals surface area contributed by atoms with Gasteiger partial charge >= 0.3 is 5.97 Å². The maximum absolute atomic E-state index is 12.1. The summed E-state index contributed by atoms with van der Waals surface area (Å²) in [5.41, 5.74) is 5.82. The van der Waals surface area contributed by atoms with Crippen LogP contribution in [0.3, 0.4) is 0 Å². The zero-order valence-electron chi connectivity index (χ0n) is 13.6. The molecule has 7 heteroatoms. The zero-order valence-corrected chi connectivity index (χ0v) is 13.6. The highest BCUT2D eigenvalue weighted by Crippen LogP contribution is 2.19. The predicted molar refractivity (Wildman–Crippen MR) is 92.0 cm³/mol. The van der Waals surface area contributed by atoms with Crippen LogP contribution in [0, 0.1) is 0 Å². The second-order valence-corrected chi connectivity index (χ2v) is 5.43. The van der Waals surface area contributed by atoms with Gasteiger partial charge in [-0.2, -0.15) is 0 Å². The maximum Gasteiger partial charge on any atom is 0.338 e. The van der Waals surface area contributed by atoms with Crippen molar-refractivity contribution in [2.24, 2.45) is 5.73 Å². The maximum atomic E-state index is 12.1. The number of primary amides is 1. The molecule has 3 aromatic rings. The minimum Gasteiger partial charge on any atom is -0.484 e. The van der Waals surface area contributed by atoms with Crippen LogP contribution in [0.15, 0.2) is 59.0 Å². The molecule has 0 fully saturated rings. The summed E-state index contributed by atoms with van der Waals surface area (Å²) in [7, 11) is 0. The quantitative estimate of drug-likeness (QED) is 0.516. The molecule has 0 radical (unpaired) electrons. The van der Waals surface area contributed by atoms with Crippen LogP contribution in [0.4, 0.5) is 0 Å². The summed E-state index contributed by atoms with van der Waals surface area (Å²) in [6, 6.07) is 14.7. The fraction of sp³-hybridized carbons (Fsp3) is 0.105. The van der Waals surface area contributed by atoms with E-state index in [2.05, 4.69) is 0 Å². The monoisotopic (exact) mass is 353 g/mol. The van der Waals surface area contributed by atoms with Crippen molar-refractivity contribution in [3.63, 3.8) is 0 Å². The molecule has 0 unspecified atom stereocenters.